The van der Waals surface area contributed by atoms with Gasteiger partial charge in [-0.2, -0.15) is 0 Å². The molecule has 1 aliphatic heterocycles. The summed E-state index contributed by atoms with van der Waals surface area (Å²) in [5.41, 5.74) is 3.99. The zero-order chi connectivity index (χ0) is 23.2. The molecule has 0 fully saturated rings. The molecule has 0 bridgehead atoms. The van der Waals surface area contributed by atoms with Gasteiger partial charge >= 0.3 is 0 Å². The summed E-state index contributed by atoms with van der Waals surface area (Å²) in [7, 11) is 1.97. The highest BCUT2D eigenvalue weighted by Gasteiger charge is 2.26. The quantitative estimate of drug-likeness (QED) is 0.579. The van der Waals surface area contributed by atoms with Crippen LogP contribution in [0.2, 0.25) is 0 Å². The molecule has 2 N–H and O–H groups in total. The number of hydrogen-bond donors (Lipinski definition) is 2. The van der Waals surface area contributed by atoms with Crippen molar-refractivity contribution in [3.05, 3.63) is 84.4 Å². The second-order valence-corrected chi connectivity index (χ2v) is 7.95. The smallest absolute Gasteiger partial charge is 0.244 e. The third-order valence-electron chi connectivity index (χ3n) is 5.49. The van der Waals surface area contributed by atoms with Crippen molar-refractivity contribution in [2.75, 3.05) is 34.0 Å². The first kappa shape index (κ1) is 22.1. The van der Waals surface area contributed by atoms with Crippen molar-refractivity contribution < 1.29 is 14.4 Å². The second kappa shape index (κ2) is 9.99. The van der Waals surface area contributed by atoms with Gasteiger partial charge in [0.15, 0.2) is 0 Å². The van der Waals surface area contributed by atoms with E-state index in [1.54, 1.807) is 18.2 Å². The molecule has 3 aromatic carbocycles. The van der Waals surface area contributed by atoms with E-state index >= 15 is 0 Å². The van der Waals surface area contributed by atoms with E-state index in [-0.39, 0.29) is 37.1 Å². The van der Waals surface area contributed by atoms with Crippen molar-refractivity contribution in [1.29, 1.82) is 0 Å². The molecule has 33 heavy (non-hydrogen) atoms. The van der Waals surface area contributed by atoms with Crippen LogP contribution in [0.4, 0.5) is 22.7 Å². The number of carbonyl (C=O) groups is 3. The molecular formula is C26H26N4O3. The number of para-hydroxylation sites is 4. The van der Waals surface area contributed by atoms with Crippen LogP contribution in [0, 0.1) is 0 Å². The largest absolute Gasteiger partial charge is 0.369 e. The molecule has 7 heteroatoms. The number of nitrogens with zero attached hydrogens (tertiary/aromatic N) is 2. The van der Waals surface area contributed by atoms with Gasteiger partial charge < -0.3 is 20.4 Å². The third-order valence-corrected chi connectivity index (χ3v) is 5.49. The maximum Gasteiger partial charge on any atom is 0.244 e. The van der Waals surface area contributed by atoms with Crippen LogP contribution < -0.4 is 20.4 Å². The average Bonchev–Trinajstić information content (AvgIpc) is 2.83. The van der Waals surface area contributed by atoms with Crippen molar-refractivity contribution in [3.8, 4) is 0 Å². The van der Waals surface area contributed by atoms with E-state index in [4.69, 9.17) is 0 Å². The Bertz CT molecular complexity index is 1160. The Labute approximate surface area is 193 Å². The number of hydrogen-bond acceptors (Lipinski definition) is 4. The minimum Gasteiger partial charge on any atom is -0.369 e. The zero-order valence-corrected chi connectivity index (χ0v) is 18.5. The van der Waals surface area contributed by atoms with Crippen molar-refractivity contribution in [2.24, 2.45) is 0 Å². The fourth-order valence-corrected chi connectivity index (χ4v) is 3.88. The van der Waals surface area contributed by atoms with Gasteiger partial charge in [0.05, 0.1) is 22.7 Å². The molecule has 0 atom stereocenters. The molecule has 3 amide bonds. The SMILES string of the molecule is CN(Cc1ccccc1)c1ccccc1NC(=O)CCC(=O)N1CC(=O)Nc2ccccc21. The van der Waals surface area contributed by atoms with Crippen LogP contribution in [0.3, 0.4) is 0 Å². The Hall–Kier alpha value is -4.13. The van der Waals surface area contributed by atoms with E-state index in [0.717, 1.165) is 11.3 Å². The predicted octanol–water partition coefficient (Wildman–Crippen LogP) is 4.03. The number of fused-ring (bicyclic) bond motifs is 1. The molecular weight excluding hydrogens is 416 g/mol. The van der Waals surface area contributed by atoms with Crippen LogP contribution >= 0.6 is 0 Å². The lowest BCUT2D eigenvalue weighted by molar-refractivity contribution is -0.124. The van der Waals surface area contributed by atoms with Gasteiger partial charge in [0, 0.05) is 26.4 Å². The molecule has 0 spiro atoms. The van der Waals surface area contributed by atoms with Gasteiger partial charge in [0.2, 0.25) is 17.7 Å². The van der Waals surface area contributed by atoms with Gasteiger partial charge in [0.1, 0.15) is 6.54 Å². The summed E-state index contributed by atoms with van der Waals surface area (Å²) in [6, 6.07) is 24.8. The first-order chi connectivity index (χ1) is 16.0. The standard InChI is InChI=1S/C26H26N4O3/c1-29(17-19-9-3-2-4-10-19)22-13-7-5-11-20(22)27-24(31)15-16-26(33)30-18-25(32)28-21-12-6-8-14-23(21)30/h2-14H,15-18H2,1H3,(H,27,31)(H,28,32). The molecule has 0 aromatic heterocycles. The number of rotatable bonds is 7. The molecule has 168 valence electrons. The molecule has 1 aliphatic rings. The van der Waals surface area contributed by atoms with Gasteiger partial charge in [-0.25, -0.2) is 0 Å². The van der Waals surface area contributed by atoms with E-state index in [1.807, 2.05) is 55.6 Å². The van der Waals surface area contributed by atoms with Crippen LogP contribution in [0.5, 0.6) is 0 Å². The maximum absolute atomic E-state index is 12.8. The summed E-state index contributed by atoms with van der Waals surface area (Å²) < 4.78 is 0. The second-order valence-electron chi connectivity index (χ2n) is 7.95. The van der Waals surface area contributed by atoms with Crippen molar-refractivity contribution in [2.45, 2.75) is 19.4 Å². The number of carbonyl (C=O) groups excluding carboxylic acids is 3. The van der Waals surface area contributed by atoms with E-state index in [1.165, 1.54) is 4.90 Å². The third kappa shape index (κ3) is 5.38. The highest BCUT2D eigenvalue weighted by atomic mass is 16.2. The lowest BCUT2D eigenvalue weighted by Crippen LogP contribution is -2.42. The monoisotopic (exact) mass is 442 g/mol. The van der Waals surface area contributed by atoms with Gasteiger partial charge in [-0.05, 0) is 29.8 Å². The molecule has 0 radical (unpaired) electrons. The summed E-state index contributed by atoms with van der Waals surface area (Å²) in [6.45, 7) is 0.646. The van der Waals surface area contributed by atoms with Gasteiger partial charge in [-0.3, -0.25) is 14.4 Å². The Morgan fingerprint density at radius 1 is 0.939 bits per heavy atom. The molecule has 7 nitrogen and oxygen atoms in total. The fourth-order valence-electron chi connectivity index (χ4n) is 3.88. The Balaban J connectivity index is 1.38. The summed E-state index contributed by atoms with van der Waals surface area (Å²) >= 11 is 0. The summed E-state index contributed by atoms with van der Waals surface area (Å²) in [5.74, 6) is -0.762. The van der Waals surface area contributed by atoms with E-state index < -0.39 is 0 Å². The minimum atomic E-state index is -0.262. The van der Waals surface area contributed by atoms with E-state index in [0.29, 0.717) is 23.6 Å². The highest BCUT2D eigenvalue weighted by molar-refractivity contribution is 6.10. The molecule has 0 saturated carbocycles. The van der Waals surface area contributed by atoms with Gasteiger partial charge in [-0.15, -0.1) is 0 Å². The number of nitrogens with one attached hydrogen (secondary N) is 2. The van der Waals surface area contributed by atoms with Crippen LogP contribution in [0.25, 0.3) is 0 Å². The predicted molar refractivity (Wildman–Crippen MR) is 130 cm³/mol. The number of benzene rings is 3. The van der Waals surface area contributed by atoms with E-state index in [9.17, 15) is 14.4 Å². The topological polar surface area (TPSA) is 81.8 Å². The highest BCUT2D eigenvalue weighted by Crippen LogP contribution is 2.30. The lowest BCUT2D eigenvalue weighted by atomic mass is 10.1. The molecule has 3 aromatic rings. The first-order valence-corrected chi connectivity index (χ1v) is 10.8. The molecule has 1 heterocycles. The Morgan fingerprint density at radius 3 is 2.45 bits per heavy atom. The van der Waals surface area contributed by atoms with E-state index in [2.05, 4.69) is 27.7 Å². The van der Waals surface area contributed by atoms with Crippen LogP contribution in [0.1, 0.15) is 18.4 Å². The number of anilines is 4. The van der Waals surface area contributed by atoms with Crippen molar-refractivity contribution >= 4 is 40.5 Å². The number of amides is 3. The van der Waals surface area contributed by atoms with Crippen molar-refractivity contribution in [1.82, 2.24) is 0 Å². The Kier molecular flexibility index (Phi) is 6.69. The maximum atomic E-state index is 12.8. The van der Waals surface area contributed by atoms with Gasteiger partial charge in [0.25, 0.3) is 0 Å². The average molecular weight is 443 g/mol. The minimum absolute atomic E-state index is 0.00939. The Morgan fingerprint density at radius 2 is 1.64 bits per heavy atom. The lowest BCUT2D eigenvalue weighted by Gasteiger charge is -2.29. The van der Waals surface area contributed by atoms with Crippen LogP contribution in [-0.2, 0) is 20.9 Å². The molecule has 4 rings (SSSR count). The summed E-state index contributed by atoms with van der Waals surface area (Å²) in [5, 5.41) is 5.69. The zero-order valence-electron chi connectivity index (χ0n) is 18.5. The van der Waals surface area contributed by atoms with Crippen molar-refractivity contribution in [3.63, 3.8) is 0 Å². The molecule has 0 aliphatic carbocycles. The summed E-state index contributed by atoms with van der Waals surface area (Å²) in [6.07, 6.45) is 0.0331. The molecule has 0 unspecified atom stereocenters. The van der Waals surface area contributed by atoms with Gasteiger partial charge in [-0.1, -0.05) is 54.6 Å². The van der Waals surface area contributed by atoms with Crippen LogP contribution in [-0.4, -0.2) is 31.3 Å². The normalized spacial score (nSPS) is 12.5. The fraction of sp³-hybridized carbons (Fsp3) is 0.192. The first-order valence-electron chi connectivity index (χ1n) is 10.8. The molecule has 0 saturated heterocycles. The van der Waals surface area contributed by atoms with Crippen LogP contribution in [0.15, 0.2) is 78.9 Å². The summed E-state index contributed by atoms with van der Waals surface area (Å²) in [4.78, 5) is 40.9.